The quantitative estimate of drug-likeness (QED) is 0.609. The van der Waals surface area contributed by atoms with Crippen LogP contribution in [0.2, 0.25) is 0 Å². The SMILES string of the molecule is CN(C)/C=N/C(=O)NCc1cccs1. The van der Waals surface area contributed by atoms with Crippen molar-refractivity contribution in [1.82, 2.24) is 10.2 Å². The predicted molar refractivity (Wildman–Crippen MR) is 58.7 cm³/mol. The summed E-state index contributed by atoms with van der Waals surface area (Å²) in [4.78, 5) is 17.6. The van der Waals surface area contributed by atoms with E-state index in [0.29, 0.717) is 6.54 Å². The molecule has 0 aliphatic heterocycles. The van der Waals surface area contributed by atoms with E-state index in [1.165, 1.54) is 6.34 Å². The molecular formula is C9H13N3OS. The van der Waals surface area contributed by atoms with Gasteiger partial charge in [-0.15, -0.1) is 11.3 Å². The molecule has 0 spiro atoms. The molecule has 0 unspecified atom stereocenters. The molecule has 0 bridgehead atoms. The molecular weight excluding hydrogens is 198 g/mol. The summed E-state index contributed by atoms with van der Waals surface area (Å²) >= 11 is 1.61. The molecule has 0 fully saturated rings. The number of rotatable bonds is 3. The lowest BCUT2D eigenvalue weighted by Crippen LogP contribution is -2.20. The number of nitrogens with zero attached hydrogens (tertiary/aromatic N) is 2. The smallest absolute Gasteiger partial charge is 0.342 e. The molecule has 4 nitrogen and oxygen atoms in total. The average Bonchev–Trinajstić information content (AvgIpc) is 2.63. The van der Waals surface area contributed by atoms with Gasteiger partial charge in [0.2, 0.25) is 0 Å². The maximum Gasteiger partial charge on any atom is 0.342 e. The van der Waals surface area contributed by atoms with Gasteiger partial charge in [0.15, 0.2) is 0 Å². The number of hydrogen-bond acceptors (Lipinski definition) is 2. The first kappa shape index (κ1) is 10.7. The van der Waals surface area contributed by atoms with E-state index >= 15 is 0 Å². The van der Waals surface area contributed by atoms with Crippen molar-refractivity contribution >= 4 is 23.7 Å². The van der Waals surface area contributed by atoms with E-state index in [4.69, 9.17) is 0 Å². The predicted octanol–water partition coefficient (Wildman–Crippen LogP) is 1.55. The molecule has 0 saturated heterocycles. The number of amides is 2. The summed E-state index contributed by atoms with van der Waals surface area (Å²) in [6.07, 6.45) is 1.48. The van der Waals surface area contributed by atoms with Gasteiger partial charge < -0.3 is 10.2 Å². The molecule has 76 valence electrons. The van der Waals surface area contributed by atoms with Crippen LogP contribution in [0, 0.1) is 0 Å². The van der Waals surface area contributed by atoms with Crippen molar-refractivity contribution in [2.75, 3.05) is 14.1 Å². The van der Waals surface area contributed by atoms with Crippen LogP contribution in [-0.4, -0.2) is 31.4 Å². The maximum atomic E-state index is 11.1. The summed E-state index contributed by atoms with van der Waals surface area (Å²) in [6.45, 7) is 0.543. The van der Waals surface area contributed by atoms with Gasteiger partial charge >= 0.3 is 6.03 Å². The zero-order valence-corrected chi connectivity index (χ0v) is 9.04. The van der Waals surface area contributed by atoms with E-state index < -0.39 is 0 Å². The lowest BCUT2D eigenvalue weighted by atomic mass is 10.5. The van der Waals surface area contributed by atoms with Crippen LogP contribution in [0.25, 0.3) is 0 Å². The first-order chi connectivity index (χ1) is 6.68. The standard InChI is InChI=1S/C9H13N3OS/c1-12(2)7-11-9(13)10-6-8-4-3-5-14-8/h3-5,7H,6H2,1-2H3,(H,10,13)/b11-7+. The van der Waals surface area contributed by atoms with Crippen LogP contribution in [0.4, 0.5) is 4.79 Å². The first-order valence-electron chi connectivity index (χ1n) is 4.19. The van der Waals surface area contributed by atoms with Crippen molar-refractivity contribution in [3.63, 3.8) is 0 Å². The van der Waals surface area contributed by atoms with Crippen LogP contribution in [-0.2, 0) is 6.54 Å². The van der Waals surface area contributed by atoms with Crippen LogP contribution >= 0.6 is 11.3 Å². The fourth-order valence-corrected chi connectivity index (χ4v) is 1.43. The van der Waals surface area contributed by atoms with Gasteiger partial charge in [-0.05, 0) is 11.4 Å². The topological polar surface area (TPSA) is 44.7 Å². The number of thiophene rings is 1. The Morgan fingerprint density at radius 3 is 3.07 bits per heavy atom. The molecule has 0 aromatic carbocycles. The highest BCUT2D eigenvalue weighted by Crippen LogP contribution is 2.07. The fourth-order valence-electron chi connectivity index (χ4n) is 0.789. The number of carbonyl (C=O) groups is 1. The zero-order valence-electron chi connectivity index (χ0n) is 8.23. The lowest BCUT2D eigenvalue weighted by Gasteiger charge is -2.02. The minimum absolute atomic E-state index is 0.313. The molecule has 1 aromatic rings. The van der Waals surface area contributed by atoms with Gasteiger partial charge in [-0.2, -0.15) is 4.99 Å². The summed E-state index contributed by atoms with van der Waals surface area (Å²) in [5.74, 6) is 0. The molecule has 0 aliphatic carbocycles. The molecule has 0 saturated carbocycles. The van der Waals surface area contributed by atoms with Crippen molar-refractivity contribution in [3.8, 4) is 0 Å². The number of aliphatic imine (C=N–C) groups is 1. The third-order valence-electron chi connectivity index (χ3n) is 1.40. The van der Waals surface area contributed by atoms with Crippen LogP contribution in [0.5, 0.6) is 0 Å². The zero-order chi connectivity index (χ0) is 10.4. The Morgan fingerprint density at radius 2 is 2.50 bits per heavy atom. The highest BCUT2D eigenvalue weighted by molar-refractivity contribution is 7.09. The second-order valence-corrected chi connectivity index (χ2v) is 3.98. The van der Waals surface area contributed by atoms with E-state index in [9.17, 15) is 4.79 Å². The Morgan fingerprint density at radius 1 is 1.71 bits per heavy atom. The summed E-state index contributed by atoms with van der Waals surface area (Å²) in [6, 6.07) is 3.61. The van der Waals surface area contributed by atoms with Gasteiger partial charge in [-0.25, -0.2) is 4.79 Å². The highest BCUT2D eigenvalue weighted by atomic mass is 32.1. The maximum absolute atomic E-state index is 11.1. The van der Waals surface area contributed by atoms with Gasteiger partial charge in [0.25, 0.3) is 0 Å². The lowest BCUT2D eigenvalue weighted by molar-refractivity contribution is 0.249. The van der Waals surface area contributed by atoms with Crippen LogP contribution in [0.15, 0.2) is 22.5 Å². The molecule has 0 atom stereocenters. The highest BCUT2D eigenvalue weighted by Gasteiger charge is 1.97. The normalized spacial score (nSPS) is 10.4. The molecule has 1 N–H and O–H groups in total. The van der Waals surface area contributed by atoms with E-state index in [-0.39, 0.29) is 6.03 Å². The van der Waals surface area contributed by atoms with Gasteiger partial charge in [-0.1, -0.05) is 6.07 Å². The van der Waals surface area contributed by atoms with Crippen molar-refractivity contribution in [2.45, 2.75) is 6.54 Å². The molecule has 0 aliphatic rings. The van der Waals surface area contributed by atoms with E-state index in [2.05, 4.69) is 10.3 Å². The van der Waals surface area contributed by atoms with Crippen LogP contribution in [0.3, 0.4) is 0 Å². The number of urea groups is 1. The number of nitrogens with one attached hydrogen (secondary N) is 1. The van der Waals surface area contributed by atoms with Crippen LogP contribution in [0.1, 0.15) is 4.88 Å². The fraction of sp³-hybridized carbons (Fsp3) is 0.333. The molecule has 5 heteroatoms. The van der Waals surface area contributed by atoms with Gasteiger partial charge in [0, 0.05) is 19.0 Å². The van der Waals surface area contributed by atoms with Crippen LogP contribution < -0.4 is 5.32 Å². The molecule has 0 radical (unpaired) electrons. The minimum Gasteiger partial charge on any atom is -0.369 e. The Balaban J connectivity index is 2.28. The van der Waals surface area contributed by atoms with Gasteiger partial charge in [0.05, 0.1) is 12.9 Å². The summed E-state index contributed by atoms with van der Waals surface area (Å²) < 4.78 is 0. The Bertz CT molecular complexity index is 306. The minimum atomic E-state index is -0.313. The van der Waals surface area contributed by atoms with Crippen molar-refractivity contribution in [3.05, 3.63) is 22.4 Å². The number of hydrogen-bond donors (Lipinski definition) is 1. The molecule has 2 amide bonds. The summed E-state index contributed by atoms with van der Waals surface area (Å²) in [5.41, 5.74) is 0. The monoisotopic (exact) mass is 211 g/mol. The Labute approximate surface area is 87.3 Å². The third-order valence-corrected chi connectivity index (χ3v) is 2.28. The average molecular weight is 211 g/mol. The molecule has 1 aromatic heterocycles. The second kappa shape index (κ2) is 5.39. The van der Waals surface area contributed by atoms with E-state index in [1.807, 2.05) is 31.6 Å². The van der Waals surface area contributed by atoms with Crippen molar-refractivity contribution in [2.24, 2.45) is 4.99 Å². The van der Waals surface area contributed by atoms with Gasteiger partial charge in [0.1, 0.15) is 0 Å². The Kier molecular flexibility index (Phi) is 4.12. The molecule has 1 rings (SSSR count). The van der Waals surface area contributed by atoms with Crippen molar-refractivity contribution < 1.29 is 4.79 Å². The largest absolute Gasteiger partial charge is 0.369 e. The third kappa shape index (κ3) is 4.04. The van der Waals surface area contributed by atoms with E-state index in [0.717, 1.165) is 4.88 Å². The summed E-state index contributed by atoms with van der Waals surface area (Å²) in [7, 11) is 3.63. The second-order valence-electron chi connectivity index (χ2n) is 2.95. The van der Waals surface area contributed by atoms with E-state index in [1.54, 1.807) is 16.2 Å². The Hall–Kier alpha value is -1.36. The molecule has 14 heavy (non-hydrogen) atoms. The van der Waals surface area contributed by atoms with Crippen molar-refractivity contribution in [1.29, 1.82) is 0 Å². The van der Waals surface area contributed by atoms with Gasteiger partial charge in [-0.3, -0.25) is 0 Å². The first-order valence-corrected chi connectivity index (χ1v) is 5.07. The number of carbonyl (C=O) groups excluding carboxylic acids is 1. The molecule has 1 heterocycles. The summed E-state index contributed by atoms with van der Waals surface area (Å²) in [5, 5.41) is 4.66.